The summed E-state index contributed by atoms with van der Waals surface area (Å²) in [6, 6.07) is 7.96. The number of amides is 8. The van der Waals surface area contributed by atoms with E-state index in [9.17, 15) is 63.0 Å². The topological polar surface area (TPSA) is 353 Å². The van der Waals surface area contributed by atoms with Gasteiger partial charge in [0.05, 0.1) is 55.2 Å². The predicted octanol–water partition coefficient (Wildman–Crippen LogP) is 1.73. The summed E-state index contributed by atoms with van der Waals surface area (Å²) in [5.41, 5.74) is -1.18. The van der Waals surface area contributed by atoms with Gasteiger partial charge in [-0.05, 0) is 122 Å². The van der Waals surface area contributed by atoms with Gasteiger partial charge in [-0.3, -0.25) is 57.9 Å². The molecule has 28 heteroatoms. The Morgan fingerprint density at radius 3 is 2.12 bits per heavy atom. The van der Waals surface area contributed by atoms with Crippen molar-refractivity contribution in [2.75, 3.05) is 46.5 Å². The number of aryl methyl sites for hydroxylation is 1. The van der Waals surface area contributed by atoms with Crippen molar-refractivity contribution < 1.29 is 81.5 Å². The number of aliphatic hydroxyl groups excluding tert-OH is 1. The molecule has 1 fully saturated rings. The van der Waals surface area contributed by atoms with Crippen molar-refractivity contribution >= 4 is 70.3 Å². The van der Waals surface area contributed by atoms with Crippen molar-refractivity contribution in [2.24, 2.45) is 0 Å². The highest BCUT2D eigenvalue weighted by Gasteiger charge is 2.50. The highest BCUT2D eigenvalue weighted by atomic mass is 19.1. The molecule has 5 heterocycles. The van der Waals surface area contributed by atoms with Gasteiger partial charge in [0, 0.05) is 47.2 Å². The van der Waals surface area contributed by atoms with Crippen molar-refractivity contribution in [3.05, 3.63) is 110 Å². The minimum Gasteiger partial charge on any atom is -0.459 e. The van der Waals surface area contributed by atoms with E-state index in [1.165, 1.54) is 10.6 Å². The molecule has 4 aromatic rings. The van der Waals surface area contributed by atoms with Crippen molar-refractivity contribution in [1.82, 2.24) is 50.8 Å². The summed E-state index contributed by atoms with van der Waals surface area (Å²) in [7, 11) is 1.74. The zero-order valence-corrected chi connectivity index (χ0v) is 52.7. The number of hydrogen-bond donors (Lipinski definition) is 7. The van der Waals surface area contributed by atoms with Gasteiger partial charge in [-0.2, -0.15) is 0 Å². The largest absolute Gasteiger partial charge is 0.459 e. The molecule has 2 aliphatic carbocycles. The number of pyridine rings is 2. The Balaban J connectivity index is 0.811. The van der Waals surface area contributed by atoms with Crippen LogP contribution in [0.25, 0.3) is 22.3 Å². The minimum absolute atomic E-state index is 0.0510. The van der Waals surface area contributed by atoms with Crippen LogP contribution in [-0.4, -0.2) is 175 Å². The van der Waals surface area contributed by atoms with Gasteiger partial charge in [0.2, 0.25) is 29.5 Å². The monoisotopic (exact) mass is 1280 g/mol. The van der Waals surface area contributed by atoms with Gasteiger partial charge in [-0.15, -0.1) is 0 Å². The Bertz CT molecular complexity index is 3740. The molecule has 0 spiro atoms. The number of cyclic esters (lactones) is 1. The predicted molar refractivity (Wildman–Crippen MR) is 324 cm³/mol. The highest BCUT2D eigenvalue weighted by molar-refractivity contribution is 6.15. The van der Waals surface area contributed by atoms with Crippen LogP contribution in [0.5, 0.6) is 0 Å². The van der Waals surface area contributed by atoms with Crippen molar-refractivity contribution in [3.63, 3.8) is 0 Å². The van der Waals surface area contributed by atoms with Crippen LogP contribution in [-0.2, 0) is 93.7 Å². The fraction of sp³-hybridized carbons (Fsp3) is 0.500. The van der Waals surface area contributed by atoms with Gasteiger partial charge >= 0.3 is 18.0 Å². The molecule has 1 saturated carbocycles. The SMILES string of the molecule is CC[C@@]1(O)C(=O)OCc2c1cc1n(c2=O)Cc2c-1nc1cc(F)c(C)c3c1c2[C@@H](N(C)C(O)C1(OCNC(=O)CNC(=O)[C@H](Cc2ccccc2)NC(=O)CNC(=O)CNC(=O)[C@H](CN(CC(=O)OC(C)(C)C)C(=O)OC(C)(C)C)N2C(=O)C=CC2=O)CCC1)CC3. The summed E-state index contributed by atoms with van der Waals surface area (Å²) in [5, 5.41) is 36.9. The maximum Gasteiger partial charge on any atom is 0.410 e. The Labute approximate surface area is 528 Å². The van der Waals surface area contributed by atoms with E-state index < -0.39 is 150 Å². The summed E-state index contributed by atoms with van der Waals surface area (Å²) in [5.74, 6) is -8.37. The van der Waals surface area contributed by atoms with Crippen molar-refractivity contribution in [2.45, 2.75) is 160 Å². The van der Waals surface area contributed by atoms with E-state index in [0.29, 0.717) is 76.0 Å². The van der Waals surface area contributed by atoms with Crippen LogP contribution in [0.3, 0.4) is 0 Å². The number of carbonyl (C=O) groups excluding carboxylic acids is 10. The maximum absolute atomic E-state index is 15.7. The van der Waals surface area contributed by atoms with Gasteiger partial charge in [0.15, 0.2) is 5.60 Å². The van der Waals surface area contributed by atoms with Crippen LogP contribution in [0.2, 0.25) is 0 Å². The average molecular weight is 1280 g/mol. The first kappa shape index (κ1) is 67.4. The average Bonchev–Trinajstić information content (AvgIpc) is 1.45. The Morgan fingerprint density at radius 1 is 0.848 bits per heavy atom. The van der Waals surface area contributed by atoms with E-state index in [0.717, 1.165) is 28.2 Å². The molecule has 0 radical (unpaired) electrons. The number of halogens is 1. The number of aliphatic hydroxyl groups is 2. The van der Waals surface area contributed by atoms with Gasteiger partial charge in [0.25, 0.3) is 17.4 Å². The molecular formula is C64H77FN10O17. The van der Waals surface area contributed by atoms with E-state index in [1.807, 2.05) is 0 Å². The fourth-order valence-corrected chi connectivity index (χ4v) is 12.2. The Kier molecular flexibility index (Phi) is 19.6. The zero-order valence-electron chi connectivity index (χ0n) is 52.7. The molecule has 92 heavy (non-hydrogen) atoms. The van der Waals surface area contributed by atoms with Gasteiger partial charge < -0.3 is 60.3 Å². The smallest absolute Gasteiger partial charge is 0.410 e. The van der Waals surface area contributed by atoms with Crippen LogP contribution < -0.4 is 32.1 Å². The van der Waals surface area contributed by atoms with Crippen molar-refractivity contribution in [1.29, 1.82) is 0 Å². The number of rotatable bonds is 23. The number of imide groups is 1. The van der Waals surface area contributed by atoms with E-state index in [1.54, 1.807) is 104 Å². The second-order valence-corrected chi connectivity index (χ2v) is 25.6. The quantitative estimate of drug-likeness (QED) is 0.0212. The lowest BCUT2D eigenvalue weighted by Crippen LogP contribution is -2.59. The highest BCUT2D eigenvalue weighted by Crippen LogP contribution is 2.49. The second-order valence-electron chi connectivity index (χ2n) is 25.6. The van der Waals surface area contributed by atoms with Crippen LogP contribution in [0.4, 0.5) is 9.18 Å². The molecule has 1 unspecified atom stereocenters. The van der Waals surface area contributed by atoms with Gasteiger partial charge in [0.1, 0.15) is 60.8 Å². The molecule has 5 aliphatic rings. The second kappa shape index (κ2) is 26.7. The molecule has 492 valence electrons. The third-order valence-corrected chi connectivity index (χ3v) is 17.0. The van der Waals surface area contributed by atoms with E-state index in [4.69, 9.17) is 23.9 Å². The number of ether oxygens (including phenoxy) is 4. The van der Waals surface area contributed by atoms with Gasteiger partial charge in [-0.1, -0.05) is 37.3 Å². The molecular weight excluding hydrogens is 1200 g/mol. The molecule has 7 N–H and O–H groups in total. The van der Waals surface area contributed by atoms with Crippen LogP contribution in [0, 0.1) is 12.7 Å². The lowest BCUT2D eigenvalue weighted by molar-refractivity contribution is -0.220. The number of likely N-dealkylation sites (N-methyl/N-ethyl adjacent to an activating group) is 1. The van der Waals surface area contributed by atoms with Crippen LogP contribution in [0.15, 0.2) is 59.4 Å². The number of nitrogens with one attached hydrogen (secondary N) is 5. The summed E-state index contributed by atoms with van der Waals surface area (Å²) >= 11 is 0. The molecule has 0 bridgehead atoms. The first-order valence-electron chi connectivity index (χ1n) is 30.4. The zero-order chi connectivity index (χ0) is 66.9. The molecule has 2 aromatic carbocycles. The molecule has 27 nitrogen and oxygen atoms in total. The van der Waals surface area contributed by atoms with Gasteiger partial charge in [-0.25, -0.2) is 19.0 Å². The molecule has 9 rings (SSSR count). The number of benzene rings is 2. The van der Waals surface area contributed by atoms with Crippen molar-refractivity contribution in [3.8, 4) is 11.4 Å². The lowest BCUT2D eigenvalue weighted by Gasteiger charge is -2.50. The Morgan fingerprint density at radius 2 is 1.49 bits per heavy atom. The number of fused-ring (bicyclic) bond motifs is 5. The normalized spacial score (nSPS) is 18.7. The number of esters is 2. The molecule has 5 atom stereocenters. The lowest BCUT2D eigenvalue weighted by atomic mass is 9.76. The van der Waals surface area contributed by atoms with Crippen LogP contribution in [0.1, 0.15) is 126 Å². The number of nitrogens with zero attached hydrogens (tertiary/aromatic N) is 5. The van der Waals surface area contributed by atoms with E-state index in [-0.39, 0.29) is 43.9 Å². The third kappa shape index (κ3) is 14.2. The fourth-order valence-electron chi connectivity index (χ4n) is 12.2. The number of hydrogen-bond acceptors (Lipinski definition) is 19. The standard InChI is InChI=1S/C64H77FN10O17/c1-10-64(88)39-24-44-54-37(29-74(44)57(84)38(39)32-89-59(64)86)53-43(18-17-36-34(2)40(65)25-41(71-54)52(36)53)72(9)58(85)63(21-14-22-63)90-33-69-47(77)27-67-55(82)42(23-35-15-12-11-13-16-35)70-48(78)28-66-46(76)26-68-56(83)45(75-49(79)19-20-50(75)80)30-73(60(87)92-62(6,7)8)31-51(81)91-61(3,4)5/h11-13,15-16,19-20,24-25,42-43,45,58,85,88H,10,14,17-18,21-23,26-33H2,1-9H3,(H,66,76)(H,67,82)(H,68,83)(H,69,77)(H,70,78)/t42-,43-,45-,58?,64-/m0/s1. The summed E-state index contributed by atoms with van der Waals surface area (Å²) < 4.78 is 39.6. The molecule has 0 saturated heterocycles. The summed E-state index contributed by atoms with van der Waals surface area (Å²) in [6.07, 6.45) is 1.72. The number of aromatic nitrogens is 2. The third-order valence-electron chi connectivity index (χ3n) is 17.0. The molecule has 2 aromatic heterocycles. The molecule has 3 aliphatic heterocycles. The maximum atomic E-state index is 15.7. The summed E-state index contributed by atoms with van der Waals surface area (Å²) in [4.78, 5) is 155. The van der Waals surface area contributed by atoms with Crippen LogP contribution >= 0.6 is 0 Å². The Hall–Kier alpha value is -8.99. The van der Waals surface area contributed by atoms with E-state index >= 15 is 4.39 Å². The number of carbonyl (C=O) groups is 10. The summed E-state index contributed by atoms with van der Waals surface area (Å²) in [6.45, 7) is 8.54. The minimum atomic E-state index is -2.07. The first-order valence-corrected chi connectivity index (χ1v) is 30.4. The molecule has 8 amide bonds. The first-order chi connectivity index (χ1) is 43.3. The van der Waals surface area contributed by atoms with E-state index in [2.05, 4.69) is 26.6 Å².